The Labute approximate surface area is 187 Å². The Balaban J connectivity index is 1.64. The number of aromatic amines is 1. The largest absolute Gasteiger partial charge is 0.462 e. The van der Waals surface area contributed by atoms with Gasteiger partial charge in [-0.15, -0.1) is 11.3 Å². The van der Waals surface area contributed by atoms with Crippen LogP contribution in [0.5, 0.6) is 0 Å². The van der Waals surface area contributed by atoms with Crippen LogP contribution >= 0.6 is 11.3 Å². The highest BCUT2D eigenvalue weighted by Gasteiger charge is 2.37. The van der Waals surface area contributed by atoms with E-state index in [9.17, 15) is 18.0 Å². The van der Waals surface area contributed by atoms with Crippen LogP contribution in [-0.4, -0.2) is 55.8 Å². The summed E-state index contributed by atoms with van der Waals surface area (Å²) in [5, 5.41) is 4.97. The molecule has 1 saturated heterocycles. The van der Waals surface area contributed by atoms with Crippen LogP contribution in [0.2, 0.25) is 0 Å². The summed E-state index contributed by atoms with van der Waals surface area (Å²) in [4.78, 5) is 29.0. The van der Waals surface area contributed by atoms with Crippen molar-refractivity contribution in [2.45, 2.75) is 44.9 Å². The fourth-order valence-electron chi connectivity index (χ4n) is 3.93. The van der Waals surface area contributed by atoms with Crippen LogP contribution in [0.4, 0.5) is 0 Å². The number of ether oxygens (including phenoxy) is 1. The SMILES string of the molecule is CCOC(=O)c1c(C)[nH]c(C)c1S(=O)(=O)N1CCC(C(=O)NCCc2cccs2)CC1. The van der Waals surface area contributed by atoms with Gasteiger partial charge in [-0.05, 0) is 51.5 Å². The number of thiophene rings is 1. The molecule has 8 nitrogen and oxygen atoms in total. The zero-order valence-corrected chi connectivity index (χ0v) is 19.7. The minimum absolute atomic E-state index is 0.0256. The van der Waals surface area contributed by atoms with Gasteiger partial charge in [0.25, 0.3) is 0 Å². The number of hydrogen-bond donors (Lipinski definition) is 2. The first-order valence-electron chi connectivity index (χ1n) is 10.4. The lowest BCUT2D eigenvalue weighted by Crippen LogP contribution is -2.43. The average molecular weight is 468 g/mol. The summed E-state index contributed by atoms with van der Waals surface area (Å²) in [6.45, 7) is 6.17. The van der Waals surface area contributed by atoms with Crippen LogP contribution in [-0.2, 0) is 26.0 Å². The average Bonchev–Trinajstić information content (AvgIpc) is 3.35. The zero-order valence-electron chi connectivity index (χ0n) is 18.1. The van der Waals surface area contributed by atoms with Gasteiger partial charge >= 0.3 is 5.97 Å². The Morgan fingerprint density at radius 1 is 1.26 bits per heavy atom. The van der Waals surface area contributed by atoms with E-state index in [1.165, 1.54) is 9.18 Å². The van der Waals surface area contributed by atoms with Crippen molar-refractivity contribution in [2.75, 3.05) is 26.2 Å². The molecule has 0 spiro atoms. The fourth-order valence-corrected chi connectivity index (χ4v) is 6.52. The molecular weight excluding hydrogens is 438 g/mol. The summed E-state index contributed by atoms with van der Waals surface area (Å²) < 4.78 is 33.1. The number of hydrogen-bond acceptors (Lipinski definition) is 6. The van der Waals surface area contributed by atoms with Crippen molar-refractivity contribution in [1.82, 2.24) is 14.6 Å². The molecule has 0 atom stereocenters. The van der Waals surface area contributed by atoms with Gasteiger partial charge in [0.1, 0.15) is 10.5 Å². The van der Waals surface area contributed by atoms with Gasteiger partial charge in [-0.25, -0.2) is 13.2 Å². The molecule has 2 N–H and O–H groups in total. The van der Waals surface area contributed by atoms with E-state index in [1.54, 1.807) is 32.1 Å². The van der Waals surface area contributed by atoms with Crippen LogP contribution in [0.15, 0.2) is 22.4 Å². The van der Waals surface area contributed by atoms with Gasteiger partial charge in [0.15, 0.2) is 0 Å². The zero-order chi connectivity index (χ0) is 22.6. The smallest absolute Gasteiger partial charge is 0.341 e. The summed E-state index contributed by atoms with van der Waals surface area (Å²) in [6.07, 6.45) is 1.68. The molecule has 0 aromatic carbocycles. The summed E-state index contributed by atoms with van der Waals surface area (Å²) in [5.74, 6) is -0.897. The number of nitrogens with zero attached hydrogens (tertiary/aromatic N) is 1. The quantitative estimate of drug-likeness (QED) is 0.580. The monoisotopic (exact) mass is 467 g/mol. The highest BCUT2D eigenvalue weighted by atomic mass is 32.2. The van der Waals surface area contributed by atoms with Crippen LogP contribution in [0.3, 0.4) is 0 Å². The molecule has 170 valence electrons. The van der Waals surface area contributed by atoms with Crippen molar-refractivity contribution >= 4 is 33.2 Å². The number of aryl methyl sites for hydroxylation is 2. The second-order valence-electron chi connectivity index (χ2n) is 7.60. The highest BCUT2D eigenvalue weighted by molar-refractivity contribution is 7.89. The fraction of sp³-hybridized carbons (Fsp3) is 0.524. The van der Waals surface area contributed by atoms with Crippen LogP contribution < -0.4 is 5.32 Å². The first-order chi connectivity index (χ1) is 14.8. The molecule has 31 heavy (non-hydrogen) atoms. The highest BCUT2D eigenvalue weighted by Crippen LogP contribution is 2.30. The van der Waals surface area contributed by atoms with Gasteiger partial charge in [-0.3, -0.25) is 4.79 Å². The topological polar surface area (TPSA) is 109 Å². The minimum atomic E-state index is -3.89. The van der Waals surface area contributed by atoms with E-state index in [1.807, 2.05) is 17.5 Å². The minimum Gasteiger partial charge on any atom is -0.462 e. The number of H-pyrrole nitrogens is 1. The van der Waals surface area contributed by atoms with Crippen molar-refractivity contribution in [3.8, 4) is 0 Å². The molecule has 0 radical (unpaired) electrons. The number of piperidine rings is 1. The number of carbonyl (C=O) groups is 2. The Bertz CT molecular complexity index is 1020. The second-order valence-corrected chi connectivity index (χ2v) is 10.5. The molecule has 1 fully saturated rings. The molecule has 1 aliphatic heterocycles. The number of rotatable bonds is 8. The first kappa shape index (κ1) is 23.5. The van der Waals surface area contributed by atoms with E-state index in [0.29, 0.717) is 30.8 Å². The van der Waals surface area contributed by atoms with Crippen LogP contribution in [0.1, 0.15) is 46.4 Å². The molecule has 1 amide bonds. The maximum absolute atomic E-state index is 13.3. The molecule has 0 aliphatic carbocycles. The van der Waals surface area contributed by atoms with E-state index in [-0.39, 0.29) is 42.0 Å². The Hall–Kier alpha value is -2.17. The molecule has 2 aromatic heterocycles. The summed E-state index contributed by atoms with van der Waals surface area (Å²) in [5.41, 5.74) is 0.941. The number of nitrogens with one attached hydrogen (secondary N) is 2. The Kier molecular flexibility index (Phi) is 7.55. The Morgan fingerprint density at radius 2 is 1.97 bits per heavy atom. The van der Waals surface area contributed by atoms with Crippen molar-refractivity contribution in [3.05, 3.63) is 39.3 Å². The van der Waals surface area contributed by atoms with Gasteiger partial charge in [0.2, 0.25) is 15.9 Å². The van der Waals surface area contributed by atoms with Crippen LogP contribution in [0, 0.1) is 19.8 Å². The van der Waals surface area contributed by atoms with E-state index in [0.717, 1.165) is 6.42 Å². The van der Waals surface area contributed by atoms with E-state index in [4.69, 9.17) is 4.74 Å². The third kappa shape index (κ3) is 5.19. The van der Waals surface area contributed by atoms with Gasteiger partial charge in [0, 0.05) is 41.8 Å². The maximum atomic E-state index is 13.3. The van der Waals surface area contributed by atoms with Crippen molar-refractivity contribution < 1.29 is 22.7 Å². The number of carbonyl (C=O) groups excluding carboxylic acids is 2. The number of aromatic nitrogens is 1. The maximum Gasteiger partial charge on any atom is 0.341 e. The molecule has 10 heteroatoms. The predicted octanol–water partition coefficient (Wildman–Crippen LogP) is 2.63. The summed E-state index contributed by atoms with van der Waals surface area (Å²) >= 11 is 1.66. The molecule has 0 unspecified atom stereocenters. The van der Waals surface area contributed by atoms with Crippen molar-refractivity contribution in [2.24, 2.45) is 5.92 Å². The molecule has 1 aliphatic rings. The molecule has 0 bridgehead atoms. The van der Waals surface area contributed by atoms with Gasteiger partial charge in [-0.1, -0.05) is 6.07 Å². The van der Waals surface area contributed by atoms with Crippen LogP contribution in [0.25, 0.3) is 0 Å². The lowest BCUT2D eigenvalue weighted by Gasteiger charge is -2.30. The van der Waals surface area contributed by atoms with E-state index >= 15 is 0 Å². The lowest BCUT2D eigenvalue weighted by molar-refractivity contribution is -0.126. The standard InChI is InChI=1S/C21H29N3O5S2/c1-4-29-21(26)18-14(2)23-15(3)19(18)31(27,28)24-11-8-16(9-12-24)20(25)22-10-7-17-6-5-13-30-17/h5-6,13,16,23H,4,7-12H2,1-3H3,(H,22,25). The first-order valence-corrected chi connectivity index (χ1v) is 12.7. The normalized spacial score (nSPS) is 15.7. The van der Waals surface area contributed by atoms with E-state index < -0.39 is 16.0 Å². The summed E-state index contributed by atoms with van der Waals surface area (Å²) in [7, 11) is -3.89. The molecule has 0 saturated carbocycles. The summed E-state index contributed by atoms with van der Waals surface area (Å²) in [6, 6.07) is 4.02. The number of sulfonamides is 1. The molecular formula is C21H29N3O5S2. The third-order valence-corrected chi connectivity index (χ3v) is 8.48. The van der Waals surface area contributed by atoms with Crippen molar-refractivity contribution in [3.63, 3.8) is 0 Å². The third-order valence-electron chi connectivity index (χ3n) is 5.47. The predicted molar refractivity (Wildman–Crippen MR) is 119 cm³/mol. The second kappa shape index (κ2) is 9.97. The van der Waals surface area contributed by atoms with Crippen molar-refractivity contribution in [1.29, 1.82) is 0 Å². The number of esters is 1. The number of amides is 1. The Morgan fingerprint density at radius 3 is 2.58 bits per heavy atom. The van der Waals surface area contributed by atoms with E-state index in [2.05, 4.69) is 10.3 Å². The van der Waals surface area contributed by atoms with Gasteiger partial charge in [-0.2, -0.15) is 4.31 Å². The lowest BCUT2D eigenvalue weighted by atomic mass is 9.97. The van der Waals surface area contributed by atoms with Gasteiger partial charge in [0.05, 0.1) is 6.61 Å². The molecule has 3 heterocycles. The van der Waals surface area contributed by atoms with Gasteiger partial charge < -0.3 is 15.0 Å². The molecule has 2 aromatic rings. The molecule has 3 rings (SSSR count).